The summed E-state index contributed by atoms with van der Waals surface area (Å²) in [5.74, 6) is -2.32. The second kappa shape index (κ2) is 10.9. The molecule has 1 N–H and O–H groups in total. The number of carbonyl (C=O) groups is 2. The number of hydrogen-bond acceptors (Lipinski definition) is 4. The first-order valence-electron chi connectivity index (χ1n) is 10.1. The predicted molar refractivity (Wildman–Crippen MR) is 123 cm³/mol. The monoisotopic (exact) mass is 501 g/mol. The Morgan fingerprint density at radius 1 is 1.06 bits per heavy atom. The predicted octanol–water partition coefficient (Wildman–Crippen LogP) is 3.33. The van der Waals surface area contributed by atoms with Gasteiger partial charge in [-0.2, -0.15) is 0 Å². The largest absolute Gasteiger partial charge is 0.352 e. The molecule has 180 valence electrons. The molecule has 0 heterocycles. The van der Waals surface area contributed by atoms with Crippen molar-refractivity contribution in [3.63, 3.8) is 0 Å². The van der Waals surface area contributed by atoms with Gasteiger partial charge in [0, 0.05) is 12.6 Å². The lowest BCUT2D eigenvalue weighted by Gasteiger charge is -2.32. The van der Waals surface area contributed by atoms with Crippen LogP contribution in [-0.4, -0.2) is 50.0 Å². The van der Waals surface area contributed by atoms with Crippen molar-refractivity contribution in [1.29, 1.82) is 0 Å². The van der Waals surface area contributed by atoms with Crippen LogP contribution in [0.2, 0.25) is 5.02 Å². The van der Waals surface area contributed by atoms with Gasteiger partial charge in [0.1, 0.15) is 24.2 Å². The molecule has 2 amide bonds. The van der Waals surface area contributed by atoms with Crippen molar-refractivity contribution >= 4 is 39.1 Å². The van der Waals surface area contributed by atoms with Crippen molar-refractivity contribution in [3.05, 3.63) is 64.7 Å². The van der Waals surface area contributed by atoms with Crippen LogP contribution >= 0.6 is 11.6 Å². The molecule has 0 aliphatic rings. The topological polar surface area (TPSA) is 86.8 Å². The molecule has 0 bridgehead atoms. The summed E-state index contributed by atoms with van der Waals surface area (Å²) in [4.78, 5) is 27.1. The molecule has 11 heteroatoms. The molecular formula is C22H26ClF2N3O4S. The van der Waals surface area contributed by atoms with Gasteiger partial charge in [-0.15, -0.1) is 0 Å². The fourth-order valence-corrected chi connectivity index (χ4v) is 4.04. The van der Waals surface area contributed by atoms with E-state index in [2.05, 4.69) is 5.32 Å². The van der Waals surface area contributed by atoms with Gasteiger partial charge in [0.15, 0.2) is 0 Å². The van der Waals surface area contributed by atoms with Gasteiger partial charge in [-0.25, -0.2) is 17.2 Å². The number of carbonyl (C=O) groups excluding carboxylic acids is 2. The van der Waals surface area contributed by atoms with E-state index in [4.69, 9.17) is 11.6 Å². The van der Waals surface area contributed by atoms with Crippen LogP contribution in [-0.2, 0) is 26.2 Å². The minimum atomic E-state index is -3.96. The van der Waals surface area contributed by atoms with E-state index in [0.29, 0.717) is 5.56 Å². The smallest absolute Gasteiger partial charge is 0.244 e. The van der Waals surface area contributed by atoms with E-state index in [9.17, 15) is 26.8 Å². The van der Waals surface area contributed by atoms with Gasteiger partial charge in [-0.1, -0.05) is 23.7 Å². The van der Waals surface area contributed by atoms with Crippen LogP contribution in [0, 0.1) is 11.6 Å². The van der Waals surface area contributed by atoms with Crippen LogP contribution in [0.3, 0.4) is 0 Å². The fourth-order valence-electron chi connectivity index (χ4n) is 3.03. The van der Waals surface area contributed by atoms with Crippen LogP contribution in [0.4, 0.5) is 14.5 Å². The summed E-state index contributed by atoms with van der Waals surface area (Å²) >= 11 is 5.79. The highest BCUT2D eigenvalue weighted by Gasteiger charge is 2.30. The molecule has 7 nitrogen and oxygen atoms in total. The summed E-state index contributed by atoms with van der Waals surface area (Å²) in [7, 11) is -3.96. The lowest BCUT2D eigenvalue weighted by Crippen LogP contribution is -2.52. The molecule has 0 aliphatic heterocycles. The zero-order valence-electron chi connectivity index (χ0n) is 18.7. The second-order valence-corrected chi connectivity index (χ2v) is 10.2. The highest BCUT2D eigenvalue weighted by molar-refractivity contribution is 7.92. The highest BCUT2D eigenvalue weighted by atomic mass is 35.5. The minimum Gasteiger partial charge on any atom is -0.352 e. The number of hydrogen-bond donors (Lipinski definition) is 1. The van der Waals surface area contributed by atoms with Crippen molar-refractivity contribution in [1.82, 2.24) is 10.2 Å². The minimum absolute atomic E-state index is 0.00160. The van der Waals surface area contributed by atoms with E-state index in [1.54, 1.807) is 13.8 Å². The lowest BCUT2D eigenvalue weighted by molar-refractivity contribution is -0.139. The molecule has 2 rings (SSSR count). The van der Waals surface area contributed by atoms with E-state index in [0.717, 1.165) is 22.7 Å². The van der Waals surface area contributed by atoms with E-state index >= 15 is 0 Å². The Kier molecular flexibility index (Phi) is 8.79. The van der Waals surface area contributed by atoms with E-state index in [1.807, 2.05) is 0 Å². The maximum absolute atomic E-state index is 13.6. The summed E-state index contributed by atoms with van der Waals surface area (Å²) in [5.41, 5.74) is 0.544. The molecule has 1 atom stereocenters. The van der Waals surface area contributed by atoms with Crippen molar-refractivity contribution in [2.75, 3.05) is 17.1 Å². The van der Waals surface area contributed by atoms with Gasteiger partial charge < -0.3 is 10.2 Å². The third kappa shape index (κ3) is 7.40. The average Bonchev–Trinajstić information content (AvgIpc) is 2.71. The number of sulfonamides is 1. The number of anilines is 1. The molecule has 0 saturated carbocycles. The van der Waals surface area contributed by atoms with E-state index in [-0.39, 0.29) is 23.3 Å². The van der Waals surface area contributed by atoms with Crippen LogP contribution < -0.4 is 9.62 Å². The first-order valence-corrected chi connectivity index (χ1v) is 12.3. The number of benzene rings is 2. The third-order valence-electron chi connectivity index (χ3n) is 4.73. The average molecular weight is 502 g/mol. The Morgan fingerprint density at radius 2 is 1.67 bits per heavy atom. The Labute approximate surface area is 197 Å². The van der Waals surface area contributed by atoms with Gasteiger partial charge in [-0.05, 0) is 56.7 Å². The van der Waals surface area contributed by atoms with Gasteiger partial charge in [0.25, 0.3) is 0 Å². The standard InChI is InChI=1S/C22H26ClF2N3O4S/c1-14(2)26-22(30)15(3)27(12-16-5-7-17(24)8-6-16)21(29)13-28(33(4,31)32)18-9-10-20(25)19(23)11-18/h5-11,14-15H,12-13H2,1-4H3,(H,26,30)/t15-/m0/s1. The molecule has 0 aliphatic carbocycles. The molecule has 33 heavy (non-hydrogen) atoms. The fraction of sp³-hybridized carbons (Fsp3) is 0.364. The van der Waals surface area contributed by atoms with Crippen LogP contribution in [0.15, 0.2) is 42.5 Å². The van der Waals surface area contributed by atoms with Gasteiger partial charge in [0.2, 0.25) is 21.8 Å². The maximum Gasteiger partial charge on any atom is 0.244 e. The molecule has 0 spiro atoms. The van der Waals surface area contributed by atoms with E-state index < -0.39 is 46.1 Å². The van der Waals surface area contributed by atoms with Crippen LogP contribution in [0.5, 0.6) is 0 Å². The molecule has 0 radical (unpaired) electrons. The second-order valence-electron chi connectivity index (χ2n) is 7.86. The summed E-state index contributed by atoms with van der Waals surface area (Å²) in [5, 5.41) is 2.41. The van der Waals surface area contributed by atoms with Crippen molar-refractivity contribution in [3.8, 4) is 0 Å². The Hall–Kier alpha value is -2.72. The van der Waals surface area contributed by atoms with Gasteiger partial charge in [0.05, 0.1) is 17.0 Å². The van der Waals surface area contributed by atoms with E-state index in [1.165, 1.54) is 42.2 Å². The first-order chi connectivity index (χ1) is 15.3. The number of nitrogens with zero attached hydrogens (tertiary/aromatic N) is 2. The molecule has 2 aromatic rings. The van der Waals surface area contributed by atoms with Crippen molar-refractivity contribution in [2.45, 2.75) is 39.4 Å². The number of amides is 2. The van der Waals surface area contributed by atoms with Gasteiger partial charge >= 0.3 is 0 Å². The maximum atomic E-state index is 13.6. The Balaban J connectivity index is 2.40. The van der Waals surface area contributed by atoms with Crippen LogP contribution in [0.1, 0.15) is 26.3 Å². The summed E-state index contributed by atoms with van der Waals surface area (Å²) < 4.78 is 52.5. The normalized spacial score (nSPS) is 12.4. The number of halogens is 3. The molecule has 0 aromatic heterocycles. The first kappa shape index (κ1) is 26.5. The van der Waals surface area contributed by atoms with Crippen LogP contribution in [0.25, 0.3) is 0 Å². The Morgan fingerprint density at radius 3 is 2.18 bits per heavy atom. The quantitative estimate of drug-likeness (QED) is 0.571. The van der Waals surface area contributed by atoms with Gasteiger partial charge in [-0.3, -0.25) is 13.9 Å². The summed E-state index contributed by atoms with van der Waals surface area (Å²) in [6.07, 6.45) is 0.900. The number of nitrogens with one attached hydrogen (secondary N) is 1. The lowest BCUT2D eigenvalue weighted by atomic mass is 10.1. The highest BCUT2D eigenvalue weighted by Crippen LogP contribution is 2.25. The SMILES string of the molecule is CC(C)NC(=O)[C@H](C)N(Cc1ccc(F)cc1)C(=O)CN(c1ccc(F)c(Cl)c1)S(C)(=O)=O. The molecule has 0 saturated heterocycles. The molecule has 0 unspecified atom stereocenters. The molecular weight excluding hydrogens is 476 g/mol. The van der Waals surface area contributed by atoms with Crippen molar-refractivity contribution in [2.24, 2.45) is 0 Å². The zero-order chi connectivity index (χ0) is 24.9. The summed E-state index contributed by atoms with van der Waals surface area (Å²) in [6, 6.07) is 7.53. The zero-order valence-corrected chi connectivity index (χ0v) is 20.3. The third-order valence-corrected chi connectivity index (χ3v) is 6.17. The van der Waals surface area contributed by atoms with Crippen molar-refractivity contribution < 1.29 is 26.8 Å². The molecule has 0 fully saturated rings. The summed E-state index contributed by atoms with van der Waals surface area (Å²) in [6.45, 7) is 4.33. The Bertz CT molecular complexity index is 1110. The molecule has 2 aromatic carbocycles. The number of rotatable bonds is 9.